The number of rotatable bonds is 6. The topological polar surface area (TPSA) is 42.1 Å². The predicted molar refractivity (Wildman–Crippen MR) is 60.0 cm³/mol. The van der Waals surface area contributed by atoms with E-state index in [1.807, 2.05) is 6.92 Å². The first kappa shape index (κ1) is 11.8. The van der Waals surface area contributed by atoms with Crippen LogP contribution in [0, 0.1) is 0 Å². The normalized spacial score (nSPS) is 10.3. The van der Waals surface area contributed by atoms with E-state index in [0.717, 1.165) is 18.5 Å². The van der Waals surface area contributed by atoms with Crippen LogP contribution in [0.3, 0.4) is 0 Å². The van der Waals surface area contributed by atoms with Crippen molar-refractivity contribution in [3.05, 3.63) is 23.5 Å². The van der Waals surface area contributed by atoms with E-state index in [9.17, 15) is 4.79 Å². The van der Waals surface area contributed by atoms with Crippen molar-refractivity contribution in [1.82, 2.24) is 4.98 Å². The zero-order valence-electron chi connectivity index (χ0n) is 9.51. The Morgan fingerprint density at radius 3 is 2.87 bits per heavy atom. The summed E-state index contributed by atoms with van der Waals surface area (Å²) in [5, 5.41) is 0. The Hall–Kier alpha value is -1.25. The van der Waals surface area contributed by atoms with E-state index < -0.39 is 0 Å². The molecule has 1 aromatic heterocycles. The molecule has 0 spiro atoms. The van der Waals surface area contributed by atoms with Gasteiger partial charge in [0, 0.05) is 11.9 Å². The van der Waals surface area contributed by atoms with Crippen molar-refractivity contribution >= 4 is 5.97 Å². The monoisotopic (exact) mass is 209 g/mol. The third-order valence-corrected chi connectivity index (χ3v) is 2.36. The number of unbranched alkanes of at least 4 members (excludes halogenated alkanes) is 2. The van der Waals surface area contributed by atoms with Crippen molar-refractivity contribution in [2.24, 2.45) is 0 Å². The molecule has 1 heterocycles. The van der Waals surface area contributed by atoms with Gasteiger partial charge in [0.25, 0.3) is 0 Å². The molecule has 0 amide bonds. The lowest BCUT2D eigenvalue weighted by Crippen LogP contribution is -2.06. The van der Waals surface area contributed by atoms with Crippen molar-refractivity contribution in [3.63, 3.8) is 0 Å². The quantitative estimate of drug-likeness (QED) is 0.578. The molecule has 0 radical (unpaired) electrons. The van der Waals surface area contributed by atoms with E-state index in [-0.39, 0.29) is 5.97 Å². The number of hydrogen-bond acceptors (Lipinski definition) is 2. The second-order valence-corrected chi connectivity index (χ2v) is 3.55. The summed E-state index contributed by atoms with van der Waals surface area (Å²) >= 11 is 0. The van der Waals surface area contributed by atoms with Gasteiger partial charge in [-0.3, -0.25) is 0 Å². The van der Waals surface area contributed by atoms with Crippen molar-refractivity contribution in [2.45, 2.75) is 39.5 Å². The number of carbonyl (C=O) groups is 1. The van der Waals surface area contributed by atoms with Crippen LogP contribution in [0.15, 0.2) is 12.3 Å². The third-order valence-electron chi connectivity index (χ3n) is 2.36. The fourth-order valence-corrected chi connectivity index (χ4v) is 1.56. The number of ether oxygens (including phenoxy) is 1. The van der Waals surface area contributed by atoms with Crippen LogP contribution in [-0.4, -0.2) is 17.6 Å². The lowest BCUT2D eigenvalue weighted by molar-refractivity contribution is 0.0525. The van der Waals surface area contributed by atoms with E-state index in [4.69, 9.17) is 4.74 Å². The first-order chi connectivity index (χ1) is 7.29. The van der Waals surface area contributed by atoms with Crippen LogP contribution >= 0.6 is 0 Å². The Labute approximate surface area is 90.8 Å². The van der Waals surface area contributed by atoms with Crippen molar-refractivity contribution in [2.75, 3.05) is 6.61 Å². The predicted octanol–water partition coefficient (Wildman–Crippen LogP) is 2.92. The van der Waals surface area contributed by atoms with Gasteiger partial charge in [-0.05, 0) is 25.8 Å². The average molecular weight is 209 g/mol. The second kappa shape index (κ2) is 6.27. The lowest BCUT2D eigenvalue weighted by atomic mass is 10.1. The van der Waals surface area contributed by atoms with E-state index in [1.165, 1.54) is 12.8 Å². The van der Waals surface area contributed by atoms with Crippen LogP contribution in [0.4, 0.5) is 0 Å². The molecule has 0 bridgehead atoms. The summed E-state index contributed by atoms with van der Waals surface area (Å²) in [7, 11) is 0. The SMILES string of the molecule is CCCCCc1[nH]ccc1C(=O)OCC. The van der Waals surface area contributed by atoms with E-state index in [0.29, 0.717) is 12.2 Å². The van der Waals surface area contributed by atoms with Gasteiger partial charge < -0.3 is 9.72 Å². The minimum atomic E-state index is -0.217. The van der Waals surface area contributed by atoms with Crippen LogP contribution in [0.25, 0.3) is 0 Å². The van der Waals surface area contributed by atoms with Crippen molar-refractivity contribution in [1.29, 1.82) is 0 Å². The van der Waals surface area contributed by atoms with Gasteiger partial charge in [-0.25, -0.2) is 4.79 Å². The van der Waals surface area contributed by atoms with E-state index >= 15 is 0 Å². The van der Waals surface area contributed by atoms with Crippen LogP contribution in [-0.2, 0) is 11.2 Å². The summed E-state index contributed by atoms with van der Waals surface area (Å²) in [6, 6.07) is 1.79. The number of aromatic nitrogens is 1. The number of nitrogens with one attached hydrogen (secondary N) is 1. The molecule has 84 valence electrons. The molecule has 0 aromatic carbocycles. The Morgan fingerprint density at radius 2 is 2.20 bits per heavy atom. The largest absolute Gasteiger partial charge is 0.462 e. The molecule has 15 heavy (non-hydrogen) atoms. The van der Waals surface area contributed by atoms with Gasteiger partial charge >= 0.3 is 5.97 Å². The highest BCUT2D eigenvalue weighted by Gasteiger charge is 2.12. The zero-order chi connectivity index (χ0) is 11.1. The van der Waals surface area contributed by atoms with E-state index in [1.54, 1.807) is 12.3 Å². The minimum absolute atomic E-state index is 0.217. The maximum Gasteiger partial charge on any atom is 0.339 e. The number of hydrogen-bond donors (Lipinski definition) is 1. The molecular weight excluding hydrogens is 190 g/mol. The van der Waals surface area contributed by atoms with Crippen LogP contribution in [0.1, 0.15) is 49.2 Å². The highest BCUT2D eigenvalue weighted by molar-refractivity contribution is 5.90. The van der Waals surface area contributed by atoms with Gasteiger partial charge in [0.1, 0.15) is 0 Å². The van der Waals surface area contributed by atoms with Gasteiger partial charge in [-0.15, -0.1) is 0 Å². The molecule has 0 fully saturated rings. The number of H-pyrrole nitrogens is 1. The summed E-state index contributed by atoms with van der Waals surface area (Å²) < 4.78 is 4.97. The molecular formula is C12H19NO2. The number of aromatic amines is 1. The second-order valence-electron chi connectivity index (χ2n) is 3.55. The molecule has 0 aliphatic heterocycles. The summed E-state index contributed by atoms with van der Waals surface area (Å²) in [6.45, 7) is 4.42. The third kappa shape index (κ3) is 3.42. The molecule has 0 unspecified atom stereocenters. The molecule has 0 aliphatic rings. The molecule has 0 saturated heterocycles. The van der Waals surface area contributed by atoms with Crippen LogP contribution in [0.2, 0.25) is 0 Å². The molecule has 3 nitrogen and oxygen atoms in total. The fraction of sp³-hybridized carbons (Fsp3) is 0.583. The van der Waals surface area contributed by atoms with Gasteiger partial charge in [0.05, 0.1) is 12.2 Å². The highest BCUT2D eigenvalue weighted by atomic mass is 16.5. The van der Waals surface area contributed by atoms with Crippen molar-refractivity contribution < 1.29 is 9.53 Å². The Balaban J connectivity index is 2.56. The number of esters is 1. The smallest absolute Gasteiger partial charge is 0.339 e. The molecule has 0 atom stereocenters. The van der Waals surface area contributed by atoms with Crippen molar-refractivity contribution in [3.8, 4) is 0 Å². The minimum Gasteiger partial charge on any atom is -0.462 e. The molecule has 1 N–H and O–H groups in total. The maximum atomic E-state index is 11.5. The molecule has 3 heteroatoms. The Kier molecular flexibility index (Phi) is 4.95. The first-order valence-corrected chi connectivity index (χ1v) is 5.63. The van der Waals surface area contributed by atoms with Crippen LogP contribution < -0.4 is 0 Å². The molecule has 0 saturated carbocycles. The summed E-state index contributed by atoms with van der Waals surface area (Å²) in [5.74, 6) is -0.217. The molecule has 1 rings (SSSR count). The molecule has 0 aliphatic carbocycles. The lowest BCUT2D eigenvalue weighted by Gasteiger charge is -2.03. The van der Waals surface area contributed by atoms with Crippen LogP contribution in [0.5, 0.6) is 0 Å². The first-order valence-electron chi connectivity index (χ1n) is 5.63. The summed E-state index contributed by atoms with van der Waals surface area (Å²) in [6.07, 6.45) is 6.22. The standard InChI is InChI=1S/C12H19NO2/c1-3-5-6-7-11-10(8-9-13-11)12(14)15-4-2/h8-9,13H,3-7H2,1-2H3. The molecule has 1 aromatic rings. The van der Waals surface area contributed by atoms with Gasteiger partial charge in [-0.2, -0.15) is 0 Å². The van der Waals surface area contributed by atoms with Gasteiger partial charge in [-0.1, -0.05) is 19.8 Å². The number of aryl methyl sites for hydroxylation is 1. The van der Waals surface area contributed by atoms with Gasteiger partial charge in [0.15, 0.2) is 0 Å². The van der Waals surface area contributed by atoms with Gasteiger partial charge in [0.2, 0.25) is 0 Å². The number of carbonyl (C=O) groups excluding carboxylic acids is 1. The van der Waals surface area contributed by atoms with E-state index in [2.05, 4.69) is 11.9 Å². The summed E-state index contributed by atoms with van der Waals surface area (Å²) in [5.41, 5.74) is 1.69. The highest BCUT2D eigenvalue weighted by Crippen LogP contribution is 2.12. The average Bonchev–Trinajstić information content (AvgIpc) is 2.67. The zero-order valence-corrected chi connectivity index (χ0v) is 9.51. The summed E-state index contributed by atoms with van der Waals surface area (Å²) in [4.78, 5) is 14.6. The maximum absolute atomic E-state index is 11.5. The fourth-order valence-electron chi connectivity index (χ4n) is 1.56. The Morgan fingerprint density at radius 1 is 1.40 bits per heavy atom. The Bertz CT molecular complexity index is 304.